The Balaban J connectivity index is 2.29. The largest absolute Gasteiger partial charge is 0.314 e. The highest BCUT2D eigenvalue weighted by Crippen LogP contribution is 1.93. The molecule has 1 aromatic heterocycles. The summed E-state index contributed by atoms with van der Waals surface area (Å²) in [5.74, 6) is 0. The molecule has 0 amide bonds. The van der Waals surface area contributed by atoms with Gasteiger partial charge in [-0.1, -0.05) is 19.1 Å². The standard InChI is InChI=1S/C8H16N4/c1-7(2)9-5-4-8-6-10-11-12(8)3/h6-7,9H,4-5H2,1-3H3. The normalized spacial score (nSPS) is 11.0. The lowest BCUT2D eigenvalue weighted by Crippen LogP contribution is -2.25. The van der Waals surface area contributed by atoms with Crippen LogP contribution in [0.25, 0.3) is 0 Å². The van der Waals surface area contributed by atoms with E-state index >= 15 is 0 Å². The molecule has 0 saturated carbocycles. The molecule has 0 atom stereocenters. The molecule has 0 unspecified atom stereocenters. The summed E-state index contributed by atoms with van der Waals surface area (Å²) >= 11 is 0. The predicted molar refractivity (Wildman–Crippen MR) is 47.8 cm³/mol. The Kier molecular flexibility index (Phi) is 3.22. The lowest BCUT2D eigenvalue weighted by Gasteiger charge is -2.06. The van der Waals surface area contributed by atoms with Crippen molar-refractivity contribution < 1.29 is 0 Å². The highest BCUT2D eigenvalue weighted by Gasteiger charge is 1.99. The van der Waals surface area contributed by atoms with Crippen molar-refractivity contribution >= 4 is 0 Å². The molecular formula is C8H16N4. The molecule has 0 aliphatic heterocycles. The summed E-state index contributed by atoms with van der Waals surface area (Å²) < 4.78 is 1.81. The highest BCUT2D eigenvalue weighted by atomic mass is 15.4. The highest BCUT2D eigenvalue weighted by molar-refractivity contribution is 4.93. The third-order valence-electron chi connectivity index (χ3n) is 1.74. The average Bonchev–Trinajstić information content (AvgIpc) is 2.36. The van der Waals surface area contributed by atoms with Crippen LogP contribution in [-0.4, -0.2) is 27.6 Å². The zero-order valence-electron chi connectivity index (χ0n) is 7.91. The van der Waals surface area contributed by atoms with Crippen molar-refractivity contribution in [1.82, 2.24) is 20.3 Å². The van der Waals surface area contributed by atoms with Gasteiger partial charge in [-0.05, 0) is 0 Å². The minimum atomic E-state index is 0.547. The lowest BCUT2D eigenvalue weighted by molar-refractivity contribution is 0.574. The molecule has 1 heterocycles. The van der Waals surface area contributed by atoms with Gasteiger partial charge in [-0.2, -0.15) is 0 Å². The molecule has 0 radical (unpaired) electrons. The van der Waals surface area contributed by atoms with Crippen LogP contribution in [0.1, 0.15) is 19.5 Å². The second-order valence-electron chi connectivity index (χ2n) is 3.21. The SMILES string of the molecule is CC(C)NCCc1cnnn1C. The lowest BCUT2D eigenvalue weighted by atomic mass is 10.3. The van der Waals surface area contributed by atoms with E-state index < -0.39 is 0 Å². The molecule has 0 aliphatic rings. The Labute approximate surface area is 73.0 Å². The van der Waals surface area contributed by atoms with Crippen molar-refractivity contribution in [3.8, 4) is 0 Å². The van der Waals surface area contributed by atoms with Crippen LogP contribution in [0.4, 0.5) is 0 Å². The number of aromatic nitrogens is 3. The number of hydrogen-bond donors (Lipinski definition) is 1. The van der Waals surface area contributed by atoms with Crippen molar-refractivity contribution in [2.24, 2.45) is 7.05 Å². The van der Waals surface area contributed by atoms with Gasteiger partial charge in [0, 0.05) is 26.1 Å². The first kappa shape index (κ1) is 9.19. The molecule has 0 aliphatic carbocycles. The minimum Gasteiger partial charge on any atom is -0.314 e. The summed E-state index contributed by atoms with van der Waals surface area (Å²) in [5, 5.41) is 11.0. The van der Waals surface area contributed by atoms with Crippen LogP contribution >= 0.6 is 0 Å². The molecule has 0 spiro atoms. The number of nitrogens with one attached hydrogen (secondary N) is 1. The van der Waals surface area contributed by atoms with E-state index in [1.54, 1.807) is 0 Å². The van der Waals surface area contributed by atoms with Gasteiger partial charge in [0.1, 0.15) is 0 Å². The topological polar surface area (TPSA) is 42.7 Å². The van der Waals surface area contributed by atoms with Crippen LogP contribution in [0.5, 0.6) is 0 Å². The molecule has 12 heavy (non-hydrogen) atoms. The Morgan fingerprint density at radius 2 is 2.33 bits per heavy atom. The first-order valence-corrected chi connectivity index (χ1v) is 4.27. The van der Waals surface area contributed by atoms with Crippen molar-refractivity contribution in [2.75, 3.05) is 6.54 Å². The molecule has 0 fully saturated rings. The molecule has 1 aromatic rings. The van der Waals surface area contributed by atoms with Gasteiger partial charge < -0.3 is 5.32 Å². The Hall–Kier alpha value is -0.900. The van der Waals surface area contributed by atoms with Crippen LogP contribution in [0.3, 0.4) is 0 Å². The van der Waals surface area contributed by atoms with Crippen molar-refractivity contribution in [3.63, 3.8) is 0 Å². The Bertz CT molecular complexity index is 229. The first-order chi connectivity index (χ1) is 5.70. The zero-order valence-corrected chi connectivity index (χ0v) is 7.91. The molecule has 68 valence electrons. The third-order valence-corrected chi connectivity index (χ3v) is 1.74. The Morgan fingerprint density at radius 1 is 1.58 bits per heavy atom. The van der Waals surface area contributed by atoms with Crippen LogP contribution in [-0.2, 0) is 13.5 Å². The fourth-order valence-corrected chi connectivity index (χ4v) is 1.03. The molecule has 1 N–H and O–H groups in total. The quantitative estimate of drug-likeness (QED) is 0.705. The van der Waals surface area contributed by atoms with Gasteiger partial charge in [0.2, 0.25) is 0 Å². The van der Waals surface area contributed by atoms with E-state index in [1.165, 1.54) is 5.69 Å². The van der Waals surface area contributed by atoms with Gasteiger partial charge in [0.15, 0.2) is 0 Å². The second-order valence-corrected chi connectivity index (χ2v) is 3.21. The van der Waals surface area contributed by atoms with E-state index in [1.807, 2.05) is 17.9 Å². The van der Waals surface area contributed by atoms with E-state index in [-0.39, 0.29) is 0 Å². The fourth-order valence-electron chi connectivity index (χ4n) is 1.03. The van der Waals surface area contributed by atoms with Crippen molar-refractivity contribution in [2.45, 2.75) is 26.3 Å². The van der Waals surface area contributed by atoms with Crippen LogP contribution in [0, 0.1) is 0 Å². The van der Waals surface area contributed by atoms with Crippen LogP contribution in [0.15, 0.2) is 6.20 Å². The minimum absolute atomic E-state index is 0.547. The summed E-state index contributed by atoms with van der Waals surface area (Å²) in [6, 6.07) is 0.547. The van der Waals surface area contributed by atoms with Gasteiger partial charge in [-0.3, -0.25) is 4.68 Å². The maximum atomic E-state index is 3.85. The van der Waals surface area contributed by atoms with Crippen molar-refractivity contribution in [3.05, 3.63) is 11.9 Å². The van der Waals surface area contributed by atoms with E-state index in [9.17, 15) is 0 Å². The molecule has 4 nitrogen and oxygen atoms in total. The van der Waals surface area contributed by atoms with E-state index in [0.717, 1.165) is 13.0 Å². The van der Waals surface area contributed by atoms with E-state index in [2.05, 4.69) is 29.5 Å². The van der Waals surface area contributed by atoms with Crippen LogP contribution < -0.4 is 5.32 Å². The monoisotopic (exact) mass is 168 g/mol. The van der Waals surface area contributed by atoms with Gasteiger partial charge in [-0.15, -0.1) is 5.10 Å². The number of hydrogen-bond acceptors (Lipinski definition) is 3. The zero-order chi connectivity index (χ0) is 8.97. The smallest absolute Gasteiger partial charge is 0.0725 e. The summed E-state index contributed by atoms with van der Waals surface area (Å²) in [4.78, 5) is 0. The third kappa shape index (κ3) is 2.62. The molecule has 0 saturated heterocycles. The van der Waals surface area contributed by atoms with Crippen molar-refractivity contribution in [1.29, 1.82) is 0 Å². The van der Waals surface area contributed by atoms with Gasteiger partial charge >= 0.3 is 0 Å². The molecule has 4 heteroatoms. The summed E-state index contributed by atoms with van der Waals surface area (Å²) in [6.45, 7) is 5.27. The van der Waals surface area contributed by atoms with Gasteiger partial charge in [0.25, 0.3) is 0 Å². The second kappa shape index (κ2) is 4.21. The maximum Gasteiger partial charge on any atom is 0.0725 e. The maximum absolute atomic E-state index is 3.85. The van der Waals surface area contributed by atoms with Gasteiger partial charge in [-0.25, -0.2) is 0 Å². The number of nitrogens with zero attached hydrogens (tertiary/aromatic N) is 3. The van der Waals surface area contributed by atoms with Gasteiger partial charge in [0.05, 0.1) is 11.9 Å². The molecule has 0 bridgehead atoms. The predicted octanol–water partition coefficient (Wildman–Crippen LogP) is 0.356. The summed E-state index contributed by atoms with van der Waals surface area (Å²) in [6.07, 6.45) is 2.80. The fraction of sp³-hybridized carbons (Fsp3) is 0.750. The summed E-state index contributed by atoms with van der Waals surface area (Å²) in [5.41, 5.74) is 1.17. The average molecular weight is 168 g/mol. The molecular weight excluding hydrogens is 152 g/mol. The number of rotatable bonds is 4. The Morgan fingerprint density at radius 3 is 2.83 bits per heavy atom. The van der Waals surface area contributed by atoms with E-state index in [4.69, 9.17) is 0 Å². The molecule has 0 aromatic carbocycles. The molecule has 1 rings (SSSR count). The summed E-state index contributed by atoms with van der Waals surface area (Å²) in [7, 11) is 1.91. The first-order valence-electron chi connectivity index (χ1n) is 4.27. The van der Waals surface area contributed by atoms with Crippen LogP contribution in [0.2, 0.25) is 0 Å². The van der Waals surface area contributed by atoms with E-state index in [0.29, 0.717) is 6.04 Å². The number of aryl methyl sites for hydroxylation is 1.